The first kappa shape index (κ1) is 10.5. The predicted molar refractivity (Wildman–Crippen MR) is 70.1 cm³/mol. The summed E-state index contributed by atoms with van der Waals surface area (Å²) < 4.78 is 2.05. The second-order valence-corrected chi connectivity index (χ2v) is 4.21. The van der Waals surface area contributed by atoms with E-state index in [4.69, 9.17) is 5.26 Å². The Morgan fingerprint density at radius 1 is 1.17 bits per heavy atom. The van der Waals surface area contributed by atoms with Gasteiger partial charge in [0.2, 0.25) is 0 Å². The van der Waals surface area contributed by atoms with Crippen LogP contribution in [0.15, 0.2) is 48.7 Å². The Hall–Kier alpha value is -2.60. The van der Waals surface area contributed by atoms with Gasteiger partial charge in [-0.05, 0) is 31.2 Å². The molecule has 3 nitrogen and oxygen atoms in total. The molecule has 86 valence electrons. The molecule has 3 rings (SSSR count). The van der Waals surface area contributed by atoms with Crippen molar-refractivity contribution in [2.24, 2.45) is 0 Å². The number of hydrogen-bond donors (Lipinski definition) is 0. The number of imidazole rings is 1. The molecule has 0 spiro atoms. The van der Waals surface area contributed by atoms with E-state index in [1.807, 2.05) is 53.9 Å². The van der Waals surface area contributed by atoms with Crippen LogP contribution in [0, 0.1) is 18.3 Å². The molecule has 0 aliphatic carbocycles. The average molecular weight is 233 g/mol. The quantitative estimate of drug-likeness (QED) is 0.647. The highest BCUT2D eigenvalue weighted by molar-refractivity contribution is 5.64. The number of nitriles is 1. The molecule has 0 fully saturated rings. The lowest BCUT2D eigenvalue weighted by molar-refractivity contribution is 1.09. The Balaban J connectivity index is 2.20. The Morgan fingerprint density at radius 2 is 2.00 bits per heavy atom. The maximum absolute atomic E-state index is 8.92. The summed E-state index contributed by atoms with van der Waals surface area (Å²) in [6.07, 6.45) is 2.00. The number of pyridine rings is 1. The summed E-state index contributed by atoms with van der Waals surface area (Å²) in [5, 5.41) is 8.92. The molecule has 0 atom stereocenters. The van der Waals surface area contributed by atoms with Gasteiger partial charge in [0.1, 0.15) is 5.65 Å². The van der Waals surface area contributed by atoms with Crippen molar-refractivity contribution >= 4 is 5.65 Å². The molecule has 3 heteroatoms. The Kier molecular flexibility index (Phi) is 2.35. The first-order chi connectivity index (χ1) is 8.78. The normalized spacial score (nSPS) is 10.4. The van der Waals surface area contributed by atoms with E-state index in [1.54, 1.807) is 6.07 Å². The maximum Gasteiger partial charge on any atom is 0.137 e. The van der Waals surface area contributed by atoms with E-state index >= 15 is 0 Å². The van der Waals surface area contributed by atoms with Gasteiger partial charge < -0.3 is 4.40 Å². The van der Waals surface area contributed by atoms with Crippen LogP contribution < -0.4 is 0 Å². The molecule has 1 aromatic carbocycles. The van der Waals surface area contributed by atoms with Crippen molar-refractivity contribution in [3.05, 3.63) is 59.9 Å². The van der Waals surface area contributed by atoms with E-state index in [9.17, 15) is 0 Å². The van der Waals surface area contributed by atoms with Crippen molar-refractivity contribution in [3.8, 4) is 17.3 Å². The third-order valence-corrected chi connectivity index (χ3v) is 2.98. The molecule has 0 bridgehead atoms. The number of aryl methyl sites for hydroxylation is 1. The molecule has 2 aromatic heterocycles. The number of aromatic nitrogens is 2. The summed E-state index contributed by atoms with van der Waals surface area (Å²) >= 11 is 0. The van der Waals surface area contributed by atoms with E-state index in [2.05, 4.69) is 11.1 Å². The predicted octanol–water partition coefficient (Wildman–Crippen LogP) is 3.18. The number of benzene rings is 1. The molecule has 0 radical (unpaired) electrons. The van der Waals surface area contributed by atoms with Gasteiger partial charge in [0, 0.05) is 17.5 Å². The molecule has 0 N–H and O–H groups in total. The lowest BCUT2D eigenvalue weighted by Gasteiger charge is -1.96. The number of rotatable bonds is 1. The standard InChI is InChI=1S/C15H11N3/c1-11-4-2-7-15-17-14(10-18(11)15)13-6-3-5-12(8-13)9-16/h2-8,10H,1H3. The van der Waals surface area contributed by atoms with Crippen molar-refractivity contribution in [1.29, 1.82) is 5.26 Å². The van der Waals surface area contributed by atoms with Crippen LogP contribution in [0.5, 0.6) is 0 Å². The summed E-state index contributed by atoms with van der Waals surface area (Å²) in [5.41, 5.74) is 4.58. The SMILES string of the molecule is Cc1cccc2nc(-c3cccc(C#N)c3)cn12. The zero-order valence-electron chi connectivity index (χ0n) is 9.96. The van der Waals surface area contributed by atoms with Crippen LogP contribution in [0.4, 0.5) is 0 Å². The van der Waals surface area contributed by atoms with Gasteiger partial charge in [-0.3, -0.25) is 0 Å². The summed E-state index contributed by atoms with van der Waals surface area (Å²) in [6.45, 7) is 2.05. The Morgan fingerprint density at radius 3 is 2.78 bits per heavy atom. The monoisotopic (exact) mass is 233 g/mol. The summed E-state index contributed by atoms with van der Waals surface area (Å²) in [4.78, 5) is 4.57. The average Bonchev–Trinajstić information content (AvgIpc) is 2.84. The van der Waals surface area contributed by atoms with E-state index in [1.165, 1.54) is 0 Å². The van der Waals surface area contributed by atoms with Gasteiger partial charge in [0.15, 0.2) is 0 Å². The fourth-order valence-electron chi connectivity index (χ4n) is 2.04. The third-order valence-electron chi connectivity index (χ3n) is 2.98. The lowest BCUT2D eigenvalue weighted by atomic mass is 10.1. The minimum Gasteiger partial charge on any atom is -0.304 e. The molecule has 0 saturated carbocycles. The first-order valence-corrected chi connectivity index (χ1v) is 5.73. The minimum absolute atomic E-state index is 0.654. The van der Waals surface area contributed by atoms with Crippen molar-refractivity contribution in [2.75, 3.05) is 0 Å². The molecule has 18 heavy (non-hydrogen) atoms. The largest absolute Gasteiger partial charge is 0.304 e. The zero-order valence-corrected chi connectivity index (χ0v) is 9.96. The lowest BCUT2D eigenvalue weighted by Crippen LogP contribution is -1.86. The minimum atomic E-state index is 0.654. The summed E-state index contributed by atoms with van der Waals surface area (Å²) in [7, 11) is 0. The van der Waals surface area contributed by atoms with E-state index in [0.717, 1.165) is 22.6 Å². The molecule has 2 heterocycles. The Labute approximate surface area is 105 Å². The topological polar surface area (TPSA) is 41.1 Å². The number of nitrogens with zero attached hydrogens (tertiary/aromatic N) is 3. The third kappa shape index (κ3) is 1.64. The smallest absolute Gasteiger partial charge is 0.137 e. The van der Waals surface area contributed by atoms with Gasteiger partial charge >= 0.3 is 0 Å². The van der Waals surface area contributed by atoms with Crippen LogP contribution in [0.25, 0.3) is 16.9 Å². The van der Waals surface area contributed by atoms with Gasteiger partial charge in [-0.1, -0.05) is 18.2 Å². The van der Waals surface area contributed by atoms with Gasteiger partial charge in [0.25, 0.3) is 0 Å². The zero-order chi connectivity index (χ0) is 12.5. The van der Waals surface area contributed by atoms with E-state index < -0.39 is 0 Å². The highest BCUT2D eigenvalue weighted by Crippen LogP contribution is 2.20. The van der Waals surface area contributed by atoms with E-state index in [-0.39, 0.29) is 0 Å². The van der Waals surface area contributed by atoms with Crippen molar-refractivity contribution in [1.82, 2.24) is 9.38 Å². The van der Waals surface area contributed by atoms with Crippen LogP contribution >= 0.6 is 0 Å². The number of hydrogen-bond acceptors (Lipinski definition) is 2. The van der Waals surface area contributed by atoms with Crippen LogP contribution in [0.1, 0.15) is 11.3 Å². The van der Waals surface area contributed by atoms with Crippen LogP contribution in [-0.2, 0) is 0 Å². The number of fused-ring (bicyclic) bond motifs is 1. The fourth-order valence-corrected chi connectivity index (χ4v) is 2.04. The van der Waals surface area contributed by atoms with Gasteiger partial charge in [0.05, 0.1) is 17.3 Å². The molecule has 0 saturated heterocycles. The Bertz CT molecular complexity index is 763. The van der Waals surface area contributed by atoms with Crippen molar-refractivity contribution < 1.29 is 0 Å². The van der Waals surface area contributed by atoms with Crippen LogP contribution in [0.3, 0.4) is 0 Å². The molecular weight excluding hydrogens is 222 g/mol. The van der Waals surface area contributed by atoms with Gasteiger partial charge in [-0.25, -0.2) is 4.98 Å². The molecule has 0 unspecified atom stereocenters. The highest BCUT2D eigenvalue weighted by Gasteiger charge is 2.05. The molecule has 0 aliphatic heterocycles. The summed E-state index contributed by atoms with van der Waals surface area (Å²) in [6, 6.07) is 15.7. The fraction of sp³-hybridized carbons (Fsp3) is 0.0667. The van der Waals surface area contributed by atoms with Gasteiger partial charge in [-0.2, -0.15) is 5.26 Å². The van der Waals surface area contributed by atoms with Crippen LogP contribution in [0.2, 0.25) is 0 Å². The van der Waals surface area contributed by atoms with Crippen molar-refractivity contribution in [3.63, 3.8) is 0 Å². The molecule has 0 amide bonds. The molecular formula is C15H11N3. The highest BCUT2D eigenvalue weighted by atomic mass is 15.0. The summed E-state index contributed by atoms with van der Waals surface area (Å²) in [5.74, 6) is 0. The van der Waals surface area contributed by atoms with E-state index in [0.29, 0.717) is 5.56 Å². The first-order valence-electron chi connectivity index (χ1n) is 5.73. The second kappa shape index (κ2) is 4.01. The molecule has 0 aliphatic rings. The van der Waals surface area contributed by atoms with Gasteiger partial charge in [-0.15, -0.1) is 0 Å². The second-order valence-electron chi connectivity index (χ2n) is 4.21. The molecule has 3 aromatic rings. The van der Waals surface area contributed by atoms with Crippen LogP contribution in [-0.4, -0.2) is 9.38 Å². The maximum atomic E-state index is 8.92. The van der Waals surface area contributed by atoms with Crippen molar-refractivity contribution in [2.45, 2.75) is 6.92 Å².